The van der Waals surface area contributed by atoms with Crippen molar-refractivity contribution < 1.29 is 27.1 Å². The Hall–Kier alpha value is -3.65. The van der Waals surface area contributed by atoms with Gasteiger partial charge in [0.15, 0.2) is 5.58 Å². The van der Waals surface area contributed by atoms with Gasteiger partial charge in [-0.05, 0) is 47.7 Å². The number of carbonyl (C=O) groups excluding carboxylic acids is 1. The van der Waals surface area contributed by atoms with E-state index < -0.39 is 11.7 Å². The number of aromatic nitrogens is 1. The van der Waals surface area contributed by atoms with Gasteiger partial charge >= 0.3 is 6.18 Å². The third-order valence-corrected chi connectivity index (χ3v) is 6.14. The van der Waals surface area contributed by atoms with Gasteiger partial charge < -0.3 is 14.1 Å². The highest BCUT2D eigenvalue weighted by Crippen LogP contribution is 2.38. The van der Waals surface area contributed by atoms with E-state index in [9.17, 15) is 18.0 Å². The number of hydrogen-bond donors (Lipinski definition) is 0. The fourth-order valence-corrected chi connectivity index (χ4v) is 4.47. The Balaban J connectivity index is 1.34. The molecule has 1 saturated heterocycles. The Morgan fingerprint density at radius 3 is 2.63 bits per heavy atom. The third kappa shape index (κ3) is 4.93. The number of oxazole rings is 1. The predicted octanol–water partition coefficient (Wildman–Crippen LogP) is 6.39. The molecule has 0 N–H and O–H groups in total. The molecule has 1 aliphatic rings. The molecule has 4 aromatic rings. The van der Waals surface area contributed by atoms with Gasteiger partial charge in [-0.15, -0.1) is 0 Å². The van der Waals surface area contributed by atoms with Crippen LogP contribution in [0, 0.1) is 0 Å². The summed E-state index contributed by atoms with van der Waals surface area (Å²) in [6, 6.07) is 19.5. The van der Waals surface area contributed by atoms with Crippen LogP contribution in [0.4, 0.5) is 13.2 Å². The number of rotatable bonds is 6. The van der Waals surface area contributed by atoms with Crippen molar-refractivity contribution in [3.05, 3.63) is 89.8 Å². The van der Waals surface area contributed by atoms with Crippen molar-refractivity contribution in [2.45, 2.75) is 31.7 Å². The second kappa shape index (κ2) is 9.54. The normalized spacial score (nSPS) is 16.2. The fourth-order valence-electron chi connectivity index (χ4n) is 4.47. The maximum absolute atomic E-state index is 13.5. The number of likely N-dealkylation sites (tertiary alicyclic amines) is 1. The molecule has 1 atom stereocenters. The lowest BCUT2D eigenvalue weighted by Gasteiger charge is -2.22. The number of carbonyl (C=O) groups is 1. The number of benzene rings is 3. The number of ether oxygens (including phenoxy) is 1. The quantitative estimate of drug-likeness (QED) is 0.321. The third-order valence-electron chi connectivity index (χ3n) is 6.14. The van der Waals surface area contributed by atoms with E-state index >= 15 is 0 Å². The molecule has 35 heavy (non-hydrogen) atoms. The van der Waals surface area contributed by atoms with Gasteiger partial charge in [0.25, 0.3) is 0 Å². The summed E-state index contributed by atoms with van der Waals surface area (Å²) >= 11 is 0. The van der Waals surface area contributed by atoms with Gasteiger partial charge in [0.1, 0.15) is 18.2 Å². The number of fused-ring (bicyclic) bond motifs is 1. The maximum Gasteiger partial charge on any atom is 0.417 e. The Kier molecular flexibility index (Phi) is 6.30. The molecule has 2 heterocycles. The fraction of sp³-hybridized carbons (Fsp3) is 0.259. The standard InChI is InChI=1S/C27H23F3N2O3/c28-27(29,30)21-10-5-4-9-20(21)19-12-13-24-22(15-19)31-26(35-24)23-11-6-14-32(23)25(33)17-34-16-18-7-2-1-3-8-18/h1-5,7-10,12-13,15,23H,6,11,14,16-17H2. The number of alkyl halides is 3. The van der Waals surface area contributed by atoms with Crippen molar-refractivity contribution in [3.63, 3.8) is 0 Å². The Labute approximate surface area is 200 Å². The lowest BCUT2D eigenvalue weighted by molar-refractivity contribution is -0.138. The minimum absolute atomic E-state index is 0.0516. The highest BCUT2D eigenvalue weighted by atomic mass is 19.4. The molecule has 1 amide bonds. The van der Waals surface area contributed by atoms with Crippen molar-refractivity contribution in [2.75, 3.05) is 13.2 Å². The van der Waals surface area contributed by atoms with E-state index in [1.807, 2.05) is 30.3 Å². The maximum atomic E-state index is 13.5. The zero-order valence-corrected chi connectivity index (χ0v) is 18.8. The van der Waals surface area contributed by atoms with Crippen LogP contribution in [0.1, 0.15) is 35.9 Å². The average molecular weight is 480 g/mol. The van der Waals surface area contributed by atoms with Gasteiger partial charge in [0, 0.05) is 6.54 Å². The summed E-state index contributed by atoms with van der Waals surface area (Å²) in [5, 5.41) is 0. The summed E-state index contributed by atoms with van der Waals surface area (Å²) in [6.45, 7) is 0.862. The van der Waals surface area contributed by atoms with Gasteiger partial charge in [-0.1, -0.05) is 54.6 Å². The molecule has 5 nitrogen and oxygen atoms in total. The van der Waals surface area contributed by atoms with Crippen LogP contribution in [0.5, 0.6) is 0 Å². The van der Waals surface area contributed by atoms with Crippen molar-refractivity contribution >= 4 is 17.0 Å². The molecule has 0 saturated carbocycles. The van der Waals surface area contributed by atoms with E-state index in [0.29, 0.717) is 42.1 Å². The van der Waals surface area contributed by atoms with Gasteiger partial charge in [-0.2, -0.15) is 13.2 Å². The topological polar surface area (TPSA) is 55.6 Å². The second-order valence-corrected chi connectivity index (χ2v) is 8.50. The molecular weight excluding hydrogens is 457 g/mol. The zero-order chi connectivity index (χ0) is 24.4. The van der Waals surface area contributed by atoms with Gasteiger partial charge in [0.05, 0.1) is 12.2 Å². The second-order valence-electron chi connectivity index (χ2n) is 8.50. The van der Waals surface area contributed by atoms with Gasteiger partial charge in [-0.3, -0.25) is 4.79 Å². The molecule has 0 bridgehead atoms. The van der Waals surface area contributed by atoms with E-state index in [4.69, 9.17) is 9.15 Å². The summed E-state index contributed by atoms with van der Waals surface area (Å²) in [4.78, 5) is 19.1. The summed E-state index contributed by atoms with van der Waals surface area (Å²) in [6.07, 6.45) is -2.97. The van der Waals surface area contributed by atoms with E-state index in [2.05, 4.69) is 4.98 Å². The molecule has 1 fully saturated rings. The van der Waals surface area contributed by atoms with E-state index in [0.717, 1.165) is 18.1 Å². The van der Waals surface area contributed by atoms with Crippen molar-refractivity contribution in [1.82, 2.24) is 9.88 Å². The predicted molar refractivity (Wildman–Crippen MR) is 124 cm³/mol. The largest absolute Gasteiger partial charge is 0.438 e. The van der Waals surface area contributed by atoms with E-state index in [1.165, 1.54) is 12.1 Å². The zero-order valence-electron chi connectivity index (χ0n) is 18.8. The Morgan fingerprint density at radius 1 is 1.06 bits per heavy atom. The number of hydrogen-bond acceptors (Lipinski definition) is 4. The van der Waals surface area contributed by atoms with Crippen LogP contribution in [0.3, 0.4) is 0 Å². The summed E-state index contributed by atoms with van der Waals surface area (Å²) < 4.78 is 52.0. The van der Waals surface area contributed by atoms with E-state index in [-0.39, 0.29) is 24.1 Å². The van der Waals surface area contributed by atoms with Crippen molar-refractivity contribution in [1.29, 1.82) is 0 Å². The smallest absolute Gasteiger partial charge is 0.417 e. The first-order valence-corrected chi connectivity index (χ1v) is 11.4. The Bertz CT molecular complexity index is 1330. The van der Waals surface area contributed by atoms with Crippen LogP contribution >= 0.6 is 0 Å². The molecule has 0 radical (unpaired) electrons. The first kappa shape index (κ1) is 23.1. The summed E-state index contributed by atoms with van der Waals surface area (Å²) in [5.41, 5.74) is 1.69. The summed E-state index contributed by atoms with van der Waals surface area (Å²) in [5.74, 6) is 0.237. The minimum atomic E-state index is -4.46. The highest BCUT2D eigenvalue weighted by molar-refractivity contribution is 5.82. The monoisotopic (exact) mass is 480 g/mol. The van der Waals surface area contributed by atoms with Crippen LogP contribution in [0.25, 0.3) is 22.2 Å². The average Bonchev–Trinajstić information content (AvgIpc) is 3.51. The molecule has 1 unspecified atom stereocenters. The summed E-state index contributed by atoms with van der Waals surface area (Å²) in [7, 11) is 0. The molecule has 0 spiro atoms. The molecule has 3 aromatic carbocycles. The van der Waals surface area contributed by atoms with Crippen LogP contribution in [-0.4, -0.2) is 28.9 Å². The van der Waals surface area contributed by atoms with Gasteiger partial charge in [0.2, 0.25) is 11.8 Å². The van der Waals surface area contributed by atoms with E-state index in [1.54, 1.807) is 29.2 Å². The highest BCUT2D eigenvalue weighted by Gasteiger charge is 2.35. The van der Waals surface area contributed by atoms with Crippen LogP contribution in [0.15, 0.2) is 77.2 Å². The molecular formula is C27H23F3N2O3. The van der Waals surface area contributed by atoms with Crippen LogP contribution in [0.2, 0.25) is 0 Å². The molecule has 1 aromatic heterocycles. The van der Waals surface area contributed by atoms with Crippen LogP contribution in [-0.2, 0) is 22.3 Å². The van der Waals surface area contributed by atoms with Gasteiger partial charge in [-0.25, -0.2) is 4.98 Å². The Morgan fingerprint density at radius 2 is 1.83 bits per heavy atom. The number of halogens is 3. The molecule has 5 rings (SSSR count). The first-order chi connectivity index (χ1) is 16.9. The SMILES string of the molecule is O=C(COCc1ccccc1)N1CCCC1c1nc2cc(-c3ccccc3C(F)(F)F)ccc2o1. The van der Waals surface area contributed by atoms with Crippen molar-refractivity contribution in [3.8, 4) is 11.1 Å². The lowest BCUT2D eigenvalue weighted by Crippen LogP contribution is -2.33. The molecule has 8 heteroatoms. The number of nitrogens with zero attached hydrogens (tertiary/aromatic N) is 2. The number of amides is 1. The first-order valence-electron chi connectivity index (χ1n) is 11.4. The lowest BCUT2D eigenvalue weighted by atomic mass is 9.99. The van der Waals surface area contributed by atoms with Crippen LogP contribution < -0.4 is 0 Å². The molecule has 180 valence electrons. The van der Waals surface area contributed by atoms with Crippen molar-refractivity contribution in [2.24, 2.45) is 0 Å². The minimum Gasteiger partial charge on any atom is -0.438 e. The molecule has 1 aliphatic heterocycles. The molecule has 0 aliphatic carbocycles.